The van der Waals surface area contributed by atoms with Gasteiger partial charge in [0.25, 0.3) is 11.5 Å². The standard InChI is InChI=1S/C30H28N4O5/c1-3-5-15-34-27-23(29(36)33-16-9-8-12-25(33)31-27)18-24(30(37)38-4-2)28(34)32-26(35)19-39-22-14-13-20-10-6-7-11-21(20)17-22/h6-14,16-18H,3-5,15,19H2,1-2H3. The molecule has 9 heteroatoms. The highest BCUT2D eigenvalue weighted by Gasteiger charge is 2.20. The van der Waals surface area contributed by atoms with E-state index in [0.29, 0.717) is 30.0 Å². The third-order valence-corrected chi connectivity index (χ3v) is 6.33. The summed E-state index contributed by atoms with van der Waals surface area (Å²) in [4.78, 5) is 48.5. The summed E-state index contributed by atoms with van der Waals surface area (Å²) in [5, 5.41) is 2.28. The fourth-order valence-electron chi connectivity index (χ4n) is 4.44. The van der Waals surface area contributed by atoms with Gasteiger partial charge < -0.3 is 14.0 Å². The maximum absolute atomic E-state index is 13.4. The van der Waals surface area contributed by atoms with E-state index < -0.39 is 11.9 Å². The van der Waals surface area contributed by atoms with Crippen molar-refractivity contribution in [3.63, 3.8) is 0 Å². The molecule has 198 valence electrons. The fourth-order valence-corrected chi connectivity index (χ4v) is 4.44. The number of benzene rings is 2. The number of pyridine rings is 2. The third kappa shape index (κ3) is 5.29. The van der Waals surface area contributed by atoms with E-state index in [9.17, 15) is 14.4 Å². The molecule has 1 amide bonds. The van der Waals surface area contributed by atoms with Gasteiger partial charge in [-0.25, -0.2) is 9.78 Å². The van der Waals surface area contributed by atoms with E-state index in [4.69, 9.17) is 14.5 Å². The van der Waals surface area contributed by atoms with E-state index in [0.717, 1.165) is 17.2 Å². The summed E-state index contributed by atoms with van der Waals surface area (Å²) in [6.07, 6.45) is 3.17. The molecule has 0 aliphatic heterocycles. The lowest BCUT2D eigenvalue weighted by Crippen LogP contribution is -2.33. The molecule has 3 aromatic heterocycles. The van der Waals surface area contributed by atoms with Gasteiger partial charge >= 0.3 is 5.97 Å². The van der Waals surface area contributed by atoms with Crippen LogP contribution >= 0.6 is 0 Å². The van der Waals surface area contributed by atoms with Gasteiger partial charge in [0.05, 0.1) is 12.0 Å². The molecule has 0 saturated carbocycles. The Morgan fingerprint density at radius 2 is 1.77 bits per heavy atom. The lowest BCUT2D eigenvalue weighted by Gasteiger charge is -2.15. The highest BCUT2D eigenvalue weighted by atomic mass is 16.5. The number of ether oxygens (including phenoxy) is 2. The van der Waals surface area contributed by atoms with Gasteiger partial charge in [0, 0.05) is 12.7 Å². The summed E-state index contributed by atoms with van der Waals surface area (Å²) in [6.45, 7) is 3.90. The number of amides is 1. The Balaban J connectivity index is 1.63. The largest absolute Gasteiger partial charge is 0.484 e. The molecule has 0 radical (unpaired) electrons. The number of rotatable bonds is 8. The summed E-state index contributed by atoms with van der Waals surface area (Å²) in [5.74, 6) is -0.735. The predicted octanol–water partition coefficient (Wildman–Crippen LogP) is 4.29. The van der Waals surface area contributed by atoms with Gasteiger partial charge in [0.15, 0.2) is 12.1 Å². The summed E-state index contributed by atoms with van der Waals surface area (Å²) in [7, 11) is 0. The van der Waals surface area contributed by atoms with Gasteiger partial charge in [-0.05, 0) is 54.4 Å². The first-order valence-electron chi connectivity index (χ1n) is 12.9. The van der Waals surface area contributed by atoms with Crippen molar-refractivity contribution >= 4 is 39.3 Å². The molecule has 3 heterocycles. The zero-order valence-electron chi connectivity index (χ0n) is 21.8. The van der Waals surface area contributed by atoms with Crippen molar-refractivity contribution < 1.29 is 19.1 Å². The molecule has 0 unspecified atom stereocenters. The van der Waals surface area contributed by atoms with Gasteiger partial charge in [-0.2, -0.15) is 4.99 Å². The van der Waals surface area contributed by atoms with Crippen LogP contribution in [0.4, 0.5) is 0 Å². The average Bonchev–Trinajstić information content (AvgIpc) is 2.95. The Hall–Kier alpha value is -4.79. The maximum Gasteiger partial charge on any atom is 0.341 e. The molecule has 0 N–H and O–H groups in total. The van der Waals surface area contributed by atoms with Crippen LogP contribution in [0.15, 0.2) is 82.7 Å². The number of carbonyl (C=O) groups excluding carboxylic acids is 2. The first-order chi connectivity index (χ1) is 19.0. The van der Waals surface area contributed by atoms with Gasteiger partial charge in [-0.15, -0.1) is 0 Å². The smallest absolute Gasteiger partial charge is 0.341 e. The minimum absolute atomic E-state index is 0.0225. The molecule has 5 rings (SSSR count). The quantitative estimate of drug-likeness (QED) is 0.222. The Morgan fingerprint density at radius 3 is 2.56 bits per heavy atom. The Bertz CT molecular complexity index is 1840. The maximum atomic E-state index is 13.4. The monoisotopic (exact) mass is 524 g/mol. The van der Waals surface area contributed by atoms with E-state index in [1.54, 1.807) is 42.0 Å². The minimum atomic E-state index is -0.677. The minimum Gasteiger partial charge on any atom is -0.484 e. The highest BCUT2D eigenvalue weighted by molar-refractivity contribution is 5.94. The fraction of sp³-hybridized carbons (Fsp3) is 0.233. The van der Waals surface area contributed by atoms with Crippen molar-refractivity contribution in [2.45, 2.75) is 33.2 Å². The van der Waals surface area contributed by atoms with Crippen LogP contribution in [-0.4, -0.2) is 39.0 Å². The van der Waals surface area contributed by atoms with Gasteiger partial charge in [0.1, 0.15) is 22.6 Å². The lowest BCUT2D eigenvalue weighted by atomic mass is 10.1. The van der Waals surface area contributed by atoms with Crippen molar-refractivity contribution in [3.05, 3.63) is 94.3 Å². The summed E-state index contributed by atoms with van der Waals surface area (Å²) < 4.78 is 14.1. The number of nitrogens with zero attached hydrogens (tertiary/aromatic N) is 4. The topological polar surface area (TPSA) is 104 Å². The van der Waals surface area contributed by atoms with Crippen molar-refractivity contribution in [1.29, 1.82) is 0 Å². The van der Waals surface area contributed by atoms with Crippen LogP contribution in [0.3, 0.4) is 0 Å². The lowest BCUT2D eigenvalue weighted by molar-refractivity contribution is -0.120. The van der Waals surface area contributed by atoms with Crippen molar-refractivity contribution in [2.24, 2.45) is 4.99 Å². The first kappa shape index (κ1) is 25.8. The van der Waals surface area contributed by atoms with Gasteiger partial charge in [-0.1, -0.05) is 49.7 Å². The van der Waals surface area contributed by atoms with Crippen LogP contribution in [0.1, 0.15) is 37.0 Å². The zero-order chi connectivity index (χ0) is 27.4. The Kier molecular flexibility index (Phi) is 7.49. The molecule has 0 saturated heterocycles. The van der Waals surface area contributed by atoms with Crippen molar-refractivity contribution in [1.82, 2.24) is 14.0 Å². The van der Waals surface area contributed by atoms with Crippen LogP contribution in [0.5, 0.6) is 5.75 Å². The second kappa shape index (κ2) is 11.3. The zero-order valence-corrected chi connectivity index (χ0v) is 21.8. The number of aryl methyl sites for hydroxylation is 1. The molecule has 5 aromatic rings. The molecular formula is C30H28N4O5. The molecule has 39 heavy (non-hydrogen) atoms. The van der Waals surface area contributed by atoms with Crippen molar-refractivity contribution in [2.75, 3.05) is 13.2 Å². The molecule has 0 fully saturated rings. The van der Waals surface area contributed by atoms with E-state index in [1.807, 2.05) is 43.3 Å². The predicted molar refractivity (Wildman–Crippen MR) is 148 cm³/mol. The molecule has 2 aromatic carbocycles. The van der Waals surface area contributed by atoms with Gasteiger partial charge in [0.2, 0.25) is 0 Å². The number of hydrogen-bond acceptors (Lipinski definition) is 6. The average molecular weight is 525 g/mol. The number of esters is 1. The van der Waals surface area contributed by atoms with Crippen LogP contribution < -0.4 is 15.8 Å². The molecule has 0 spiro atoms. The van der Waals surface area contributed by atoms with Crippen LogP contribution in [0.2, 0.25) is 0 Å². The molecular weight excluding hydrogens is 496 g/mol. The molecule has 0 aliphatic carbocycles. The second-order valence-electron chi connectivity index (χ2n) is 8.99. The number of unbranched alkanes of at least 4 members (excludes halogenated alkanes) is 1. The second-order valence-corrected chi connectivity index (χ2v) is 8.99. The molecule has 0 bridgehead atoms. The Labute approximate surface area is 224 Å². The molecule has 0 atom stereocenters. The SMILES string of the molecule is CCCCn1c(=NC(=O)COc2ccc3ccccc3c2)c(C(=O)OCC)cc2c(=O)n3ccccc3nc21. The van der Waals surface area contributed by atoms with Crippen LogP contribution in [0, 0.1) is 0 Å². The van der Waals surface area contributed by atoms with Crippen LogP contribution in [0.25, 0.3) is 27.5 Å². The number of fused-ring (bicyclic) bond motifs is 3. The summed E-state index contributed by atoms with van der Waals surface area (Å²) in [6, 6.07) is 20.1. The molecule has 0 aliphatic rings. The van der Waals surface area contributed by atoms with Crippen molar-refractivity contribution in [3.8, 4) is 5.75 Å². The highest BCUT2D eigenvalue weighted by Crippen LogP contribution is 2.20. The number of aromatic nitrogens is 3. The van der Waals surface area contributed by atoms with E-state index in [2.05, 4.69) is 4.99 Å². The molecule has 9 nitrogen and oxygen atoms in total. The first-order valence-corrected chi connectivity index (χ1v) is 12.9. The van der Waals surface area contributed by atoms with E-state index in [1.165, 1.54) is 10.5 Å². The summed E-state index contributed by atoms with van der Waals surface area (Å²) in [5.41, 5.74) is 0.572. The Morgan fingerprint density at radius 1 is 0.974 bits per heavy atom. The normalized spacial score (nSPS) is 11.8. The van der Waals surface area contributed by atoms with Crippen LogP contribution in [-0.2, 0) is 16.1 Å². The van der Waals surface area contributed by atoms with Gasteiger partial charge in [-0.3, -0.25) is 14.0 Å². The number of carbonyl (C=O) groups is 2. The van der Waals surface area contributed by atoms with E-state index >= 15 is 0 Å². The van der Waals surface area contributed by atoms with E-state index in [-0.39, 0.29) is 35.2 Å². The third-order valence-electron chi connectivity index (χ3n) is 6.33. The number of hydrogen-bond donors (Lipinski definition) is 0. The summed E-state index contributed by atoms with van der Waals surface area (Å²) >= 11 is 0.